The van der Waals surface area contributed by atoms with Crippen LogP contribution in [0.25, 0.3) is 11.1 Å². The van der Waals surface area contributed by atoms with Gasteiger partial charge in [0.25, 0.3) is 0 Å². The maximum atomic E-state index is 14.6. The zero-order valence-electron chi connectivity index (χ0n) is 27.9. The van der Waals surface area contributed by atoms with Gasteiger partial charge in [-0.25, -0.2) is 14.0 Å². The number of rotatable bonds is 22. The summed E-state index contributed by atoms with van der Waals surface area (Å²) < 4.78 is 36.8. The van der Waals surface area contributed by atoms with Crippen molar-refractivity contribution in [2.45, 2.75) is 110 Å². The molecule has 7 heteroatoms. The first-order valence-electron chi connectivity index (χ1n) is 17.1. The van der Waals surface area contributed by atoms with E-state index in [1.54, 1.807) is 31.2 Å². The standard InChI is InChI=1S/C39H51FO6/c1-4-6-8-10-11-12-14-16-28-44-37-26-21-33(29-36(37)40)39(42)46-35-24-19-32(20-25-35)31-17-22-34(23-18-31)45-38(41)30(3)43-27-15-13-9-7-5-2/h17-26,29-30H,4-16,27-28H2,1-3H3/t30-/m0/s1. The van der Waals surface area contributed by atoms with Gasteiger partial charge in [0, 0.05) is 6.61 Å². The molecular weight excluding hydrogens is 583 g/mol. The van der Waals surface area contributed by atoms with E-state index in [9.17, 15) is 14.0 Å². The summed E-state index contributed by atoms with van der Waals surface area (Å²) in [6.07, 6.45) is 14.4. The van der Waals surface area contributed by atoms with Crippen LogP contribution in [0.15, 0.2) is 66.7 Å². The molecule has 0 spiro atoms. The lowest BCUT2D eigenvalue weighted by Crippen LogP contribution is -2.26. The minimum atomic E-state index is -0.651. The predicted molar refractivity (Wildman–Crippen MR) is 181 cm³/mol. The first-order valence-corrected chi connectivity index (χ1v) is 17.1. The molecule has 46 heavy (non-hydrogen) atoms. The molecule has 0 unspecified atom stereocenters. The summed E-state index contributed by atoms with van der Waals surface area (Å²) in [5.74, 6) is -0.738. The molecule has 0 aliphatic heterocycles. The van der Waals surface area contributed by atoms with Gasteiger partial charge in [0.2, 0.25) is 0 Å². The number of hydrogen-bond donors (Lipinski definition) is 0. The molecule has 3 rings (SSSR count). The third-order valence-corrected chi connectivity index (χ3v) is 7.84. The monoisotopic (exact) mass is 634 g/mol. The maximum Gasteiger partial charge on any atom is 0.343 e. The molecule has 6 nitrogen and oxygen atoms in total. The van der Waals surface area contributed by atoms with Gasteiger partial charge in [0.15, 0.2) is 17.7 Å². The van der Waals surface area contributed by atoms with Crippen LogP contribution in [-0.2, 0) is 9.53 Å². The number of ether oxygens (including phenoxy) is 4. The molecule has 0 N–H and O–H groups in total. The minimum absolute atomic E-state index is 0.109. The lowest BCUT2D eigenvalue weighted by molar-refractivity contribution is -0.146. The molecule has 0 aromatic heterocycles. The molecule has 0 aliphatic carbocycles. The predicted octanol–water partition coefficient (Wildman–Crippen LogP) is 10.5. The molecule has 3 aromatic rings. The number of carbonyl (C=O) groups is 2. The van der Waals surface area contributed by atoms with E-state index >= 15 is 0 Å². The van der Waals surface area contributed by atoms with E-state index in [1.807, 2.05) is 24.3 Å². The van der Waals surface area contributed by atoms with Crippen molar-refractivity contribution < 1.29 is 32.9 Å². The SMILES string of the molecule is CCCCCCCCCCOc1ccc(C(=O)Oc2ccc(-c3ccc(OC(=O)[C@H](C)OCCCCCCC)cc3)cc2)cc1F. The number of halogens is 1. The lowest BCUT2D eigenvalue weighted by Gasteiger charge is -2.13. The van der Waals surface area contributed by atoms with Crippen LogP contribution in [0, 0.1) is 5.82 Å². The van der Waals surface area contributed by atoms with Gasteiger partial charge in [-0.15, -0.1) is 0 Å². The number of unbranched alkanes of at least 4 members (excludes halogenated alkanes) is 11. The van der Waals surface area contributed by atoms with E-state index in [2.05, 4.69) is 13.8 Å². The molecule has 0 heterocycles. The van der Waals surface area contributed by atoms with Crippen molar-refractivity contribution in [1.29, 1.82) is 0 Å². The van der Waals surface area contributed by atoms with E-state index in [0.717, 1.165) is 42.9 Å². The zero-order valence-corrected chi connectivity index (χ0v) is 27.9. The lowest BCUT2D eigenvalue weighted by atomic mass is 10.1. The van der Waals surface area contributed by atoms with Gasteiger partial charge in [-0.2, -0.15) is 0 Å². The van der Waals surface area contributed by atoms with Crippen LogP contribution in [0.5, 0.6) is 17.2 Å². The molecule has 0 bridgehead atoms. The summed E-state index contributed by atoms with van der Waals surface area (Å²) in [5.41, 5.74) is 1.90. The summed E-state index contributed by atoms with van der Waals surface area (Å²) in [4.78, 5) is 25.1. The number of hydrogen-bond acceptors (Lipinski definition) is 6. The second kappa shape index (κ2) is 21.2. The smallest absolute Gasteiger partial charge is 0.343 e. The van der Waals surface area contributed by atoms with Gasteiger partial charge in [-0.1, -0.05) is 109 Å². The quantitative estimate of drug-likeness (QED) is 0.0622. The van der Waals surface area contributed by atoms with Crippen molar-refractivity contribution >= 4 is 11.9 Å². The molecule has 0 saturated heterocycles. The van der Waals surface area contributed by atoms with Gasteiger partial charge in [0.05, 0.1) is 12.2 Å². The first-order chi connectivity index (χ1) is 22.4. The highest BCUT2D eigenvalue weighted by Crippen LogP contribution is 2.26. The van der Waals surface area contributed by atoms with Gasteiger partial charge in [0.1, 0.15) is 11.5 Å². The summed E-state index contributed by atoms with van der Waals surface area (Å²) in [5, 5.41) is 0. The Hall–Kier alpha value is -3.71. The van der Waals surface area contributed by atoms with E-state index in [4.69, 9.17) is 18.9 Å². The Morgan fingerprint density at radius 3 is 1.67 bits per heavy atom. The minimum Gasteiger partial charge on any atom is -0.491 e. The second-order valence-electron chi connectivity index (χ2n) is 11.8. The van der Waals surface area contributed by atoms with Crippen LogP contribution in [0.2, 0.25) is 0 Å². The summed E-state index contributed by atoms with van der Waals surface area (Å²) >= 11 is 0. The molecule has 1 atom stereocenters. The van der Waals surface area contributed by atoms with Crippen molar-refractivity contribution in [3.8, 4) is 28.4 Å². The van der Waals surface area contributed by atoms with Crippen LogP contribution in [0.3, 0.4) is 0 Å². The Balaban J connectivity index is 1.41. The third kappa shape index (κ3) is 13.3. The number of benzene rings is 3. The van der Waals surface area contributed by atoms with Crippen LogP contribution < -0.4 is 14.2 Å². The van der Waals surface area contributed by atoms with Crippen molar-refractivity contribution in [1.82, 2.24) is 0 Å². The molecule has 250 valence electrons. The van der Waals surface area contributed by atoms with Crippen molar-refractivity contribution in [3.63, 3.8) is 0 Å². The summed E-state index contributed by atoms with van der Waals surface area (Å²) in [6, 6.07) is 18.3. The van der Waals surface area contributed by atoms with Crippen LogP contribution in [-0.4, -0.2) is 31.3 Å². The summed E-state index contributed by atoms with van der Waals surface area (Å²) in [7, 11) is 0. The highest BCUT2D eigenvalue weighted by molar-refractivity contribution is 5.91. The molecule has 0 fully saturated rings. The molecule has 0 radical (unpaired) electrons. The van der Waals surface area contributed by atoms with Crippen LogP contribution in [0.1, 0.15) is 115 Å². The molecule has 0 amide bonds. The van der Waals surface area contributed by atoms with E-state index < -0.39 is 23.9 Å². The van der Waals surface area contributed by atoms with Crippen molar-refractivity contribution in [3.05, 3.63) is 78.1 Å². The zero-order chi connectivity index (χ0) is 33.0. The highest BCUT2D eigenvalue weighted by Gasteiger charge is 2.16. The van der Waals surface area contributed by atoms with Gasteiger partial charge in [-0.3, -0.25) is 0 Å². The van der Waals surface area contributed by atoms with E-state index in [0.29, 0.717) is 24.7 Å². The fourth-order valence-corrected chi connectivity index (χ4v) is 4.99. The molecular formula is C39H51FO6. The fraction of sp³-hybridized carbons (Fsp3) is 0.487. The second-order valence-corrected chi connectivity index (χ2v) is 11.8. The van der Waals surface area contributed by atoms with Crippen LogP contribution in [0.4, 0.5) is 4.39 Å². The van der Waals surface area contributed by atoms with Gasteiger partial charge < -0.3 is 18.9 Å². The van der Waals surface area contributed by atoms with Crippen molar-refractivity contribution in [2.75, 3.05) is 13.2 Å². The normalized spacial score (nSPS) is 11.7. The highest BCUT2D eigenvalue weighted by atomic mass is 19.1. The third-order valence-electron chi connectivity index (χ3n) is 7.84. The Bertz CT molecular complexity index is 1310. The average Bonchev–Trinajstić information content (AvgIpc) is 3.06. The van der Waals surface area contributed by atoms with Gasteiger partial charge in [-0.05, 0) is 73.4 Å². The largest absolute Gasteiger partial charge is 0.491 e. The Morgan fingerprint density at radius 2 is 1.13 bits per heavy atom. The average molecular weight is 635 g/mol. The maximum absolute atomic E-state index is 14.6. The molecule has 0 aliphatic rings. The Kier molecular flexibility index (Phi) is 16.9. The summed E-state index contributed by atoms with van der Waals surface area (Å²) in [6.45, 7) is 7.09. The number of carbonyl (C=O) groups excluding carboxylic acids is 2. The van der Waals surface area contributed by atoms with Crippen molar-refractivity contribution in [2.24, 2.45) is 0 Å². The van der Waals surface area contributed by atoms with Crippen LogP contribution >= 0.6 is 0 Å². The Labute approximate surface area is 274 Å². The van der Waals surface area contributed by atoms with E-state index in [1.165, 1.54) is 69.9 Å². The first kappa shape index (κ1) is 36.8. The number of esters is 2. The molecule has 0 saturated carbocycles. The molecule has 3 aromatic carbocycles. The topological polar surface area (TPSA) is 71.1 Å². The Morgan fingerprint density at radius 1 is 0.630 bits per heavy atom. The van der Waals surface area contributed by atoms with Gasteiger partial charge >= 0.3 is 11.9 Å². The van der Waals surface area contributed by atoms with E-state index in [-0.39, 0.29) is 11.3 Å². The fourth-order valence-electron chi connectivity index (χ4n) is 4.99.